The van der Waals surface area contributed by atoms with Crippen molar-refractivity contribution in [3.63, 3.8) is 0 Å². The van der Waals surface area contributed by atoms with Crippen molar-refractivity contribution in [2.24, 2.45) is 0 Å². The molecule has 0 aliphatic carbocycles. The van der Waals surface area contributed by atoms with Crippen molar-refractivity contribution in [2.45, 2.75) is 26.1 Å². The largest absolute Gasteiger partial charge is 0.491 e. The van der Waals surface area contributed by atoms with Gasteiger partial charge in [0.15, 0.2) is 0 Å². The minimum Gasteiger partial charge on any atom is -0.491 e. The molecule has 0 atom stereocenters. The van der Waals surface area contributed by atoms with Crippen molar-refractivity contribution in [1.29, 1.82) is 0 Å². The molecular formula is C21H20BrF3N4O. The number of nitrogens with zero attached hydrogens (tertiary/aromatic N) is 3. The van der Waals surface area contributed by atoms with E-state index in [4.69, 9.17) is 4.74 Å². The van der Waals surface area contributed by atoms with E-state index in [9.17, 15) is 13.2 Å². The molecule has 0 unspecified atom stereocenters. The third-order valence-corrected chi connectivity index (χ3v) is 4.61. The molecule has 0 amide bonds. The van der Waals surface area contributed by atoms with Crippen LogP contribution in [0.5, 0.6) is 5.75 Å². The van der Waals surface area contributed by atoms with E-state index in [0.717, 1.165) is 10.7 Å². The summed E-state index contributed by atoms with van der Waals surface area (Å²) in [5.41, 5.74) is 0.245. The number of hydrogen-bond donors (Lipinski definition) is 1. The molecule has 3 aromatic rings. The number of benzene rings is 2. The zero-order valence-corrected chi connectivity index (χ0v) is 18.1. The number of rotatable bonds is 6. The molecule has 0 radical (unpaired) electrons. The molecule has 30 heavy (non-hydrogen) atoms. The number of anilines is 4. The van der Waals surface area contributed by atoms with Crippen molar-refractivity contribution in [3.8, 4) is 5.75 Å². The Morgan fingerprint density at radius 2 is 1.67 bits per heavy atom. The average Bonchev–Trinajstić information content (AvgIpc) is 2.68. The molecule has 2 aromatic carbocycles. The maximum absolute atomic E-state index is 13.5. The monoisotopic (exact) mass is 480 g/mol. The van der Waals surface area contributed by atoms with Crippen LogP contribution in [-0.2, 0) is 6.18 Å². The Labute approximate surface area is 181 Å². The number of ether oxygens (including phenoxy) is 1. The third-order valence-electron chi connectivity index (χ3n) is 4.08. The predicted molar refractivity (Wildman–Crippen MR) is 115 cm³/mol. The summed E-state index contributed by atoms with van der Waals surface area (Å²) in [6.07, 6.45) is -3.76. The van der Waals surface area contributed by atoms with Gasteiger partial charge in [0.1, 0.15) is 17.1 Å². The smallest absolute Gasteiger partial charge is 0.421 e. The molecule has 0 saturated carbocycles. The average molecular weight is 481 g/mol. The Kier molecular flexibility index (Phi) is 6.50. The van der Waals surface area contributed by atoms with Crippen molar-refractivity contribution in [3.05, 3.63) is 64.8 Å². The van der Waals surface area contributed by atoms with Gasteiger partial charge in [-0.15, -0.1) is 0 Å². The lowest BCUT2D eigenvalue weighted by Gasteiger charge is -2.20. The molecule has 0 fully saturated rings. The second kappa shape index (κ2) is 8.91. The van der Waals surface area contributed by atoms with Crippen molar-refractivity contribution in [1.82, 2.24) is 9.97 Å². The second-order valence-corrected chi connectivity index (χ2v) is 7.70. The number of halogens is 4. The number of nitrogens with one attached hydrogen (secondary N) is 1. The fraction of sp³-hybridized carbons (Fsp3) is 0.238. The Hall–Kier alpha value is -2.81. The van der Waals surface area contributed by atoms with Gasteiger partial charge in [-0.2, -0.15) is 18.2 Å². The van der Waals surface area contributed by atoms with E-state index in [1.807, 2.05) is 13.8 Å². The van der Waals surface area contributed by atoms with Crippen LogP contribution in [0.4, 0.5) is 36.3 Å². The van der Waals surface area contributed by atoms with Crippen LogP contribution < -0.4 is 15.0 Å². The quantitative estimate of drug-likeness (QED) is 0.433. The van der Waals surface area contributed by atoms with Gasteiger partial charge in [0, 0.05) is 29.1 Å². The normalized spacial score (nSPS) is 11.5. The van der Waals surface area contributed by atoms with E-state index in [1.54, 1.807) is 60.5 Å². The van der Waals surface area contributed by atoms with Gasteiger partial charge in [-0.1, -0.05) is 15.9 Å². The highest BCUT2D eigenvalue weighted by molar-refractivity contribution is 9.10. The van der Waals surface area contributed by atoms with Crippen molar-refractivity contribution >= 4 is 39.1 Å². The van der Waals surface area contributed by atoms with Crippen LogP contribution in [0.1, 0.15) is 19.4 Å². The van der Waals surface area contributed by atoms with Gasteiger partial charge in [0.05, 0.1) is 6.10 Å². The van der Waals surface area contributed by atoms with Crippen LogP contribution in [0.2, 0.25) is 0 Å². The number of aromatic nitrogens is 2. The van der Waals surface area contributed by atoms with E-state index in [2.05, 4.69) is 31.2 Å². The van der Waals surface area contributed by atoms with Crippen LogP contribution in [0.3, 0.4) is 0 Å². The Morgan fingerprint density at radius 3 is 2.23 bits per heavy atom. The third kappa shape index (κ3) is 5.41. The first-order chi connectivity index (χ1) is 14.1. The topological polar surface area (TPSA) is 50.3 Å². The molecule has 0 aliphatic heterocycles. The summed E-state index contributed by atoms with van der Waals surface area (Å²) in [4.78, 5) is 9.67. The molecule has 9 heteroatoms. The molecule has 3 rings (SSSR count). The first-order valence-electron chi connectivity index (χ1n) is 9.11. The summed E-state index contributed by atoms with van der Waals surface area (Å²) in [6, 6.07) is 13.9. The second-order valence-electron chi connectivity index (χ2n) is 6.78. The molecule has 1 N–H and O–H groups in total. The molecule has 1 heterocycles. The van der Waals surface area contributed by atoms with E-state index in [1.165, 1.54) is 0 Å². The summed E-state index contributed by atoms with van der Waals surface area (Å²) in [6.45, 7) is 3.85. The van der Waals surface area contributed by atoms with Gasteiger partial charge in [-0.3, -0.25) is 0 Å². The highest BCUT2D eigenvalue weighted by Gasteiger charge is 2.35. The fourth-order valence-electron chi connectivity index (χ4n) is 2.64. The maximum Gasteiger partial charge on any atom is 0.421 e. The Bertz CT molecular complexity index is 993. The lowest BCUT2D eigenvalue weighted by Crippen LogP contribution is -2.17. The summed E-state index contributed by atoms with van der Waals surface area (Å²) in [5, 5.41) is 2.75. The summed E-state index contributed by atoms with van der Waals surface area (Å²) in [5.74, 6) is 0.509. The molecule has 5 nitrogen and oxygen atoms in total. The molecule has 0 saturated heterocycles. The first kappa shape index (κ1) is 21.9. The predicted octanol–water partition coefficient (Wildman–Crippen LogP) is 6.56. The lowest BCUT2D eigenvalue weighted by atomic mass is 10.2. The van der Waals surface area contributed by atoms with Crippen LogP contribution >= 0.6 is 15.9 Å². The zero-order chi connectivity index (χ0) is 21.9. The van der Waals surface area contributed by atoms with Crippen LogP contribution in [0.15, 0.2) is 59.2 Å². The van der Waals surface area contributed by atoms with Crippen molar-refractivity contribution < 1.29 is 17.9 Å². The van der Waals surface area contributed by atoms with E-state index >= 15 is 0 Å². The Balaban J connectivity index is 1.92. The highest BCUT2D eigenvalue weighted by atomic mass is 79.9. The molecular weight excluding hydrogens is 461 g/mol. The van der Waals surface area contributed by atoms with Gasteiger partial charge in [0.2, 0.25) is 5.95 Å². The number of alkyl halides is 3. The maximum atomic E-state index is 13.5. The van der Waals surface area contributed by atoms with Gasteiger partial charge in [0.25, 0.3) is 0 Å². The van der Waals surface area contributed by atoms with Gasteiger partial charge < -0.3 is 15.0 Å². The minimum atomic E-state index is -4.59. The van der Waals surface area contributed by atoms with Crippen LogP contribution in [-0.4, -0.2) is 23.1 Å². The SMILES string of the molecule is CC(C)Oc1ccc(N(C)c2ncc(C(F)(F)F)c(Nc3ccc(Br)cc3)n2)cc1. The van der Waals surface area contributed by atoms with Gasteiger partial charge in [-0.25, -0.2) is 4.98 Å². The first-order valence-corrected chi connectivity index (χ1v) is 9.90. The van der Waals surface area contributed by atoms with Crippen molar-refractivity contribution in [2.75, 3.05) is 17.3 Å². The lowest BCUT2D eigenvalue weighted by molar-refractivity contribution is -0.137. The summed E-state index contributed by atoms with van der Waals surface area (Å²) >= 11 is 3.30. The summed E-state index contributed by atoms with van der Waals surface area (Å²) in [7, 11) is 1.68. The standard InChI is InChI=1S/C21H20BrF3N4O/c1-13(2)30-17-10-8-16(9-11-17)29(3)20-26-12-18(21(23,24)25)19(28-20)27-15-6-4-14(22)5-7-15/h4-13H,1-3H3,(H,26,27,28). The highest BCUT2D eigenvalue weighted by Crippen LogP contribution is 2.36. The van der Waals surface area contributed by atoms with Gasteiger partial charge in [-0.05, 0) is 62.4 Å². The fourth-order valence-corrected chi connectivity index (χ4v) is 2.91. The Morgan fingerprint density at radius 1 is 1.03 bits per heavy atom. The molecule has 0 aliphatic rings. The van der Waals surface area contributed by atoms with Crippen LogP contribution in [0, 0.1) is 0 Å². The summed E-state index contributed by atoms with van der Waals surface area (Å²) < 4.78 is 46.8. The van der Waals surface area contributed by atoms with E-state index in [0.29, 0.717) is 17.1 Å². The number of hydrogen-bond acceptors (Lipinski definition) is 5. The van der Waals surface area contributed by atoms with Crippen LogP contribution in [0.25, 0.3) is 0 Å². The minimum absolute atomic E-state index is 0.0408. The molecule has 0 spiro atoms. The van der Waals surface area contributed by atoms with Gasteiger partial charge >= 0.3 is 6.18 Å². The molecule has 158 valence electrons. The van der Waals surface area contributed by atoms with E-state index in [-0.39, 0.29) is 17.9 Å². The van der Waals surface area contributed by atoms with E-state index < -0.39 is 11.7 Å². The molecule has 0 bridgehead atoms. The zero-order valence-electron chi connectivity index (χ0n) is 16.5. The molecule has 1 aromatic heterocycles.